The van der Waals surface area contributed by atoms with Crippen LogP contribution < -0.4 is 15.4 Å². The van der Waals surface area contributed by atoms with E-state index in [1.807, 2.05) is 44.2 Å². The molecule has 39 heavy (non-hydrogen) atoms. The number of rotatable bonds is 12. The van der Waals surface area contributed by atoms with Crippen molar-refractivity contribution < 1.29 is 23.4 Å². The highest BCUT2D eigenvalue weighted by Gasteiger charge is 2.15. The van der Waals surface area contributed by atoms with E-state index >= 15 is 0 Å². The summed E-state index contributed by atoms with van der Waals surface area (Å²) >= 11 is 12.3. The normalized spacial score (nSPS) is 13.1. The monoisotopic (exact) mass is 593 g/mol. The van der Waals surface area contributed by atoms with E-state index in [4.69, 9.17) is 23.2 Å². The van der Waals surface area contributed by atoms with Gasteiger partial charge in [-0.05, 0) is 72.4 Å². The van der Waals surface area contributed by atoms with Gasteiger partial charge in [-0.15, -0.1) is 0 Å². The van der Waals surface area contributed by atoms with Gasteiger partial charge in [0.25, 0.3) is 0 Å². The molecule has 0 saturated heterocycles. The van der Waals surface area contributed by atoms with Crippen molar-refractivity contribution in [1.29, 1.82) is 0 Å². The zero-order valence-electron chi connectivity index (χ0n) is 22.0. The Morgan fingerprint density at radius 2 is 1.77 bits per heavy atom. The predicted molar refractivity (Wildman–Crippen MR) is 156 cm³/mol. The smallest absolute Gasteiger partial charge is 0.229 e. The standard InChI is InChI=1S/C28H33Cl2N3O5S/c1-17-9-22(29)14-24(30)23(17)15-32-28(36)12-20-6-4-5-19(11-20)10-18(2)31-16-27(35)21-7-8-26(34)25(13-21)33-39(3,37)38/h4-9,11,13-14,18,27,31,33-35H,10,12,15-16H2,1-3H3,(H,32,36)/t18-,27-/m1/s1. The zero-order valence-corrected chi connectivity index (χ0v) is 24.3. The van der Waals surface area contributed by atoms with Crippen LogP contribution in [0.1, 0.15) is 40.8 Å². The lowest BCUT2D eigenvalue weighted by atomic mass is 10.0. The third-order valence-corrected chi connectivity index (χ3v) is 7.25. The number of hydrogen-bond donors (Lipinski definition) is 5. The van der Waals surface area contributed by atoms with Gasteiger partial charge in [0.2, 0.25) is 15.9 Å². The van der Waals surface area contributed by atoms with Crippen LogP contribution in [0.25, 0.3) is 0 Å². The molecule has 1 amide bonds. The zero-order chi connectivity index (χ0) is 28.7. The van der Waals surface area contributed by atoms with Crippen LogP contribution in [0.5, 0.6) is 5.75 Å². The summed E-state index contributed by atoms with van der Waals surface area (Å²) < 4.78 is 25.2. The van der Waals surface area contributed by atoms with Gasteiger partial charge in [0, 0.05) is 29.2 Å². The van der Waals surface area contributed by atoms with Crippen LogP contribution >= 0.6 is 23.2 Å². The first-order valence-corrected chi connectivity index (χ1v) is 15.0. The molecule has 8 nitrogen and oxygen atoms in total. The second-order valence-electron chi connectivity index (χ2n) is 9.64. The number of sulfonamides is 1. The molecular formula is C28H33Cl2N3O5S. The van der Waals surface area contributed by atoms with E-state index in [0.29, 0.717) is 28.6 Å². The molecule has 0 saturated carbocycles. The lowest BCUT2D eigenvalue weighted by Gasteiger charge is -2.19. The molecule has 2 atom stereocenters. The molecule has 0 aliphatic rings. The average Bonchev–Trinajstić information content (AvgIpc) is 2.82. The highest BCUT2D eigenvalue weighted by molar-refractivity contribution is 7.92. The molecule has 0 heterocycles. The van der Waals surface area contributed by atoms with Crippen molar-refractivity contribution in [2.45, 2.75) is 45.4 Å². The Morgan fingerprint density at radius 3 is 2.46 bits per heavy atom. The number of phenolic OH excluding ortho intramolecular Hbond substituents is 1. The van der Waals surface area contributed by atoms with Gasteiger partial charge in [0.1, 0.15) is 5.75 Å². The number of nitrogens with one attached hydrogen (secondary N) is 3. The Kier molecular flexibility index (Phi) is 10.6. The minimum absolute atomic E-state index is 0.00415. The minimum atomic E-state index is -3.58. The van der Waals surface area contributed by atoms with E-state index in [2.05, 4.69) is 15.4 Å². The molecule has 3 aromatic carbocycles. The first-order chi connectivity index (χ1) is 18.3. The summed E-state index contributed by atoms with van der Waals surface area (Å²) in [4.78, 5) is 12.6. The Labute approximate surface area is 239 Å². The Morgan fingerprint density at radius 1 is 1.05 bits per heavy atom. The summed E-state index contributed by atoms with van der Waals surface area (Å²) in [6.45, 7) is 4.42. The number of aliphatic hydroxyl groups is 1. The number of carbonyl (C=O) groups excluding carboxylic acids is 1. The SMILES string of the molecule is Cc1cc(Cl)cc(Cl)c1CNC(=O)Cc1cccc(C[C@@H](C)NC[C@@H](O)c2ccc(O)c(NS(C)(=O)=O)c2)c1. The molecule has 0 unspecified atom stereocenters. The molecule has 0 aliphatic carbocycles. The van der Waals surface area contributed by atoms with Crippen molar-refractivity contribution in [3.8, 4) is 5.75 Å². The summed E-state index contributed by atoms with van der Waals surface area (Å²) in [6.07, 6.45) is 0.959. The van der Waals surface area contributed by atoms with Crippen LogP contribution in [0, 0.1) is 6.92 Å². The fraction of sp³-hybridized carbons (Fsp3) is 0.321. The molecule has 0 aromatic heterocycles. The van der Waals surface area contributed by atoms with E-state index in [1.54, 1.807) is 6.07 Å². The number of hydrogen-bond acceptors (Lipinski definition) is 6. The molecular weight excluding hydrogens is 561 g/mol. The van der Waals surface area contributed by atoms with Gasteiger partial charge < -0.3 is 20.8 Å². The fourth-order valence-corrected chi connectivity index (χ4v) is 5.38. The van der Waals surface area contributed by atoms with Crippen LogP contribution in [0.15, 0.2) is 54.6 Å². The van der Waals surface area contributed by atoms with Crippen LogP contribution in [-0.2, 0) is 34.2 Å². The number of anilines is 1. The van der Waals surface area contributed by atoms with Crippen LogP contribution in [0.2, 0.25) is 10.0 Å². The molecule has 0 spiro atoms. The molecule has 3 rings (SSSR count). The van der Waals surface area contributed by atoms with Gasteiger partial charge in [-0.3, -0.25) is 9.52 Å². The summed E-state index contributed by atoms with van der Waals surface area (Å²) in [5, 5.41) is 27.7. The number of aryl methyl sites for hydroxylation is 1. The van der Waals surface area contributed by atoms with E-state index in [9.17, 15) is 23.4 Å². The highest BCUT2D eigenvalue weighted by Crippen LogP contribution is 2.28. The van der Waals surface area contributed by atoms with Crippen molar-refractivity contribution >= 4 is 44.8 Å². The van der Waals surface area contributed by atoms with Gasteiger partial charge in [-0.2, -0.15) is 0 Å². The summed E-state index contributed by atoms with van der Waals surface area (Å²) in [5.74, 6) is -0.347. The second-order valence-corrected chi connectivity index (χ2v) is 12.2. The molecule has 0 fully saturated rings. The maximum atomic E-state index is 12.6. The van der Waals surface area contributed by atoms with Crippen molar-refractivity contribution in [3.63, 3.8) is 0 Å². The largest absolute Gasteiger partial charge is 0.506 e. The number of phenols is 1. The van der Waals surface area contributed by atoms with E-state index in [-0.39, 0.29) is 36.4 Å². The number of benzene rings is 3. The topological polar surface area (TPSA) is 128 Å². The minimum Gasteiger partial charge on any atom is -0.506 e. The van der Waals surface area contributed by atoms with Crippen molar-refractivity contribution in [1.82, 2.24) is 10.6 Å². The van der Waals surface area contributed by atoms with Gasteiger partial charge in [0.05, 0.1) is 24.5 Å². The summed E-state index contributed by atoms with van der Waals surface area (Å²) in [5.41, 5.74) is 4.14. The van der Waals surface area contributed by atoms with E-state index < -0.39 is 16.1 Å². The van der Waals surface area contributed by atoms with Crippen LogP contribution in [0.4, 0.5) is 5.69 Å². The molecule has 0 aliphatic heterocycles. The first-order valence-electron chi connectivity index (χ1n) is 12.3. The maximum Gasteiger partial charge on any atom is 0.229 e. The Hall–Kier alpha value is -2.82. The molecule has 0 bridgehead atoms. The third-order valence-electron chi connectivity index (χ3n) is 6.10. The van der Waals surface area contributed by atoms with Crippen LogP contribution in [0.3, 0.4) is 0 Å². The Balaban J connectivity index is 1.52. The number of aromatic hydroxyl groups is 1. The van der Waals surface area contributed by atoms with Crippen molar-refractivity contribution in [3.05, 3.63) is 92.5 Å². The molecule has 11 heteroatoms. The van der Waals surface area contributed by atoms with E-state index in [0.717, 1.165) is 28.5 Å². The van der Waals surface area contributed by atoms with Gasteiger partial charge in [-0.1, -0.05) is 53.5 Å². The molecule has 5 N–H and O–H groups in total. The van der Waals surface area contributed by atoms with Gasteiger partial charge in [0.15, 0.2) is 0 Å². The van der Waals surface area contributed by atoms with Crippen molar-refractivity contribution in [2.24, 2.45) is 0 Å². The highest BCUT2D eigenvalue weighted by atomic mass is 35.5. The lowest BCUT2D eigenvalue weighted by Crippen LogP contribution is -2.32. The third kappa shape index (κ3) is 9.70. The number of amides is 1. The first kappa shape index (κ1) is 30.7. The van der Waals surface area contributed by atoms with Crippen molar-refractivity contribution in [2.75, 3.05) is 17.5 Å². The van der Waals surface area contributed by atoms with Gasteiger partial charge in [-0.25, -0.2) is 8.42 Å². The van der Waals surface area contributed by atoms with Gasteiger partial charge >= 0.3 is 0 Å². The summed E-state index contributed by atoms with van der Waals surface area (Å²) in [6, 6.07) is 15.5. The summed E-state index contributed by atoms with van der Waals surface area (Å²) in [7, 11) is -3.58. The maximum absolute atomic E-state index is 12.6. The van der Waals surface area contributed by atoms with Crippen LogP contribution in [-0.4, -0.2) is 43.4 Å². The quantitative estimate of drug-likeness (QED) is 0.197. The number of carbonyl (C=O) groups is 1. The van der Waals surface area contributed by atoms with E-state index in [1.165, 1.54) is 18.2 Å². The molecule has 3 aromatic rings. The lowest BCUT2D eigenvalue weighted by molar-refractivity contribution is -0.120. The number of halogens is 2. The fourth-order valence-electron chi connectivity index (χ4n) is 4.16. The second kappa shape index (κ2) is 13.5. The molecule has 0 radical (unpaired) electrons. The number of aliphatic hydroxyl groups excluding tert-OH is 1. The average molecular weight is 595 g/mol. The molecule has 210 valence electrons. The predicted octanol–water partition coefficient (Wildman–Crippen LogP) is 4.49. The Bertz CT molecular complexity index is 1410.